The SMILES string of the molecule is C=C(C/C(=C\CC)NN(C)C(=C)c1ccccc1)C(=C)C1=CC=CCC=C1. The van der Waals surface area contributed by atoms with Gasteiger partial charge in [-0.25, -0.2) is 0 Å². The monoisotopic (exact) mass is 358 g/mol. The molecule has 2 rings (SSSR count). The van der Waals surface area contributed by atoms with Gasteiger partial charge in [0.25, 0.3) is 0 Å². The molecule has 1 N–H and O–H groups in total. The summed E-state index contributed by atoms with van der Waals surface area (Å²) in [5.41, 5.74) is 9.66. The third-order valence-electron chi connectivity index (χ3n) is 4.43. The Balaban J connectivity index is 2.04. The van der Waals surface area contributed by atoms with Crippen molar-refractivity contribution in [1.29, 1.82) is 0 Å². The molecule has 0 spiro atoms. The number of hydrazine groups is 1. The van der Waals surface area contributed by atoms with Crippen LogP contribution in [0.5, 0.6) is 0 Å². The molecule has 0 heterocycles. The van der Waals surface area contributed by atoms with Crippen LogP contribution in [0.4, 0.5) is 0 Å². The molecule has 1 aromatic carbocycles. The van der Waals surface area contributed by atoms with Gasteiger partial charge in [-0.3, -0.25) is 5.01 Å². The predicted octanol–water partition coefficient (Wildman–Crippen LogP) is 6.33. The van der Waals surface area contributed by atoms with Crippen molar-refractivity contribution in [3.63, 3.8) is 0 Å². The van der Waals surface area contributed by atoms with Gasteiger partial charge >= 0.3 is 0 Å². The van der Waals surface area contributed by atoms with Crippen molar-refractivity contribution >= 4 is 5.70 Å². The molecule has 1 aromatic rings. The molecule has 2 heteroatoms. The molecule has 0 saturated carbocycles. The van der Waals surface area contributed by atoms with Gasteiger partial charge in [-0.15, -0.1) is 0 Å². The summed E-state index contributed by atoms with van der Waals surface area (Å²) in [5, 5.41) is 1.96. The number of nitrogens with zero attached hydrogens (tertiary/aromatic N) is 1. The van der Waals surface area contributed by atoms with Crippen molar-refractivity contribution in [2.24, 2.45) is 0 Å². The maximum atomic E-state index is 4.27. The van der Waals surface area contributed by atoms with E-state index in [2.05, 4.69) is 80.7 Å². The van der Waals surface area contributed by atoms with E-state index in [4.69, 9.17) is 0 Å². The maximum absolute atomic E-state index is 4.27. The minimum atomic E-state index is 0.716. The van der Waals surface area contributed by atoms with Crippen LogP contribution in [-0.2, 0) is 0 Å². The average molecular weight is 359 g/mol. The van der Waals surface area contributed by atoms with Gasteiger partial charge in [0.15, 0.2) is 0 Å². The second kappa shape index (κ2) is 10.2. The highest BCUT2D eigenvalue weighted by Crippen LogP contribution is 2.25. The number of nitrogens with one attached hydrogen (secondary N) is 1. The van der Waals surface area contributed by atoms with Crippen LogP contribution in [-0.4, -0.2) is 12.1 Å². The zero-order chi connectivity index (χ0) is 19.6. The summed E-state index contributed by atoms with van der Waals surface area (Å²) in [5.74, 6) is 0. The lowest BCUT2D eigenvalue weighted by atomic mass is 9.96. The van der Waals surface area contributed by atoms with Crippen molar-refractivity contribution in [3.05, 3.63) is 115 Å². The number of rotatable bonds is 9. The van der Waals surface area contributed by atoms with Crippen LogP contribution in [0.15, 0.2) is 109 Å². The second-order valence-corrected chi connectivity index (χ2v) is 6.57. The van der Waals surface area contributed by atoms with Crippen LogP contribution in [0.2, 0.25) is 0 Å². The van der Waals surface area contributed by atoms with E-state index in [1.807, 2.05) is 30.3 Å². The minimum absolute atomic E-state index is 0.716. The number of benzene rings is 1. The zero-order valence-corrected chi connectivity index (χ0v) is 16.5. The van der Waals surface area contributed by atoms with E-state index in [-0.39, 0.29) is 0 Å². The molecule has 2 nitrogen and oxygen atoms in total. The van der Waals surface area contributed by atoms with Gasteiger partial charge in [0.1, 0.15) is 0 Å². The van der Waals surface area contributed by atoms with Crippen LogP contribution >= 0.6 is 0 Å². The highest BCUT2D eigenvalue weighted by Gasteiger charge is 2.10. The van der Waals surface area contributed by atoms with E-state index in [0.717, 1.165) is 46.5 Å². The topological polar surface area (TPSA) is 15.3 Å². The summed E-state index contributed by atoms with van der Waals surface area (Å²) in [6.45, 7) is 14.9. The lowest BCUT2D eigenvalue weighted by molar-refractivity contribution is 0.387. The lowest BCUT2D eigenvalue weighted by Crippen LogP contribution is -2.32. The molecule has 0 aromatic heterocycles. The first-order valence-electron chi connectivity index (χ1n) is 9.37. The Morgan fingerprint density at radius 2 is 1.89 bits per heavy atom. The third kappa shape index (κ3) is 6.03. The summed E-state index contributed by atoms with van der Waals surface area (Å²) in [6, 6.07) is 10.2. The number of hydrogen-bond donors (Lipinski definition) is 1. The predicted molar refractivity (Wildman–Crippen MR) is 119 cm³/mol. The maximum Gasteiger partial charge on any atom is 0.0569 e. The quantitative estimate of drug-likeness (QED) is 0.410. The van der Waals surface area contributed by atoms with Crippen molar-refractivity contribution < 1.29 is 0 Å². The molecule has 1 aliphatic rings. The summed E-state index contributed by atoms with van der Waals surface area (Å²) in [4.78, 5) is 0. The molecule has 1 aliphatic carbocycles. The second-order valence-electron chi connectivity index (χ2n) is 6.57. The highest BCUT2D eigenvalue weighted by molar-refractivity contribution is 5.61. The number of hydrogen-bond acceptors (Lipinski definition) is 2. The molecule has 27 heavy (non-hydrogen) atoms. The van der Waals surface area contributed by atoms with Crippen molar-refractivity contribution in [1.82, 2.24) is 10.4 Å². The van der Waals surface area contributed by atoms with Gasteiger partial charge in [-0.2, -0.15) is 0 Å². The Morgan fingerprint density at radius 1 is 1.15 bits per heavy atom. The smallest absolute Gasteiger partial charge is 0.0569 e. The van der Waals surface area contributed by atoms with Gasteiger partial charge in [0.05, 0.1) is 5.70 Å². The van der Waals surface area contributed by atoms with Gasteiger partial charge in [-0.05, 0) is 35.1 Å². The number of allylic oxidation sites excluding steroid dienone is 9. The molecule has 0 aliphatic heterocycles. The molecule has 0 atom stereocenters. The first-order chi connectivity index (χ1) is 13.0. The highest BCUT2D eigenvalue weighted by atomic mass is 15.5. The first kappa shape index (κ1) is 20.3. The van der Waals surface area contributed by atoms with E-state index in [9.17, 15) is 0 Å². The molecular formula is C25H30N2. The fourth-order valence-electron chi connectivity index (χ4n) is 2.83. The van der Waals surface area contributed by atoms with E-state index in [0.29, 0.717) is 6.42 Å². The molecule has 0 bridgehead atoms. The summed E-state index contributed by atoms with van der Waals surface area (Å²) in [6.07, 6.45) is 15.4. The molecule has 0 amide bonds. The van der Waals surface area contributed by atoms with Crippen LogP contribution < -0.4 is 5.43 Å². The lowest BCUT2D eigenvalue weighted by Gasteiger charge is -2.26. The molecule has 0 unspecified atom stereocenters. The Bertz CT molecular complexity index is 804. The summed E-state index contributed by atoms with van der Waals surface area (Å²) >= 11 is 0. The first-order valence-corrected chi connectivity index (χ1v) is 9.37. The third-order valence-corrected chi connectivity index (χ3v) is 4.43. The molecule has 0 saturated heterocycles. The van der Waals surface area contributed by atoms with Gasteiger partial charge in [0.2, 0.25) is 0 Å². The van der Waals surface area contributed by atoms with Crippen LogP contribution in [0, 0.1) is 0 Å². The molecule has 0 radical (unpaired) electrons. The Morgan fingerprint density at radius 3 is 2.59 bits per heavy atom. The van der Waals surface area contributed by atoms with E-state index in [1.165, 1.54) is 0 Å². The Labute approximate surface area is 164 Å². The summed E-state index contributed by atoms with van der Waals surface area (Å²) < 4.78 is 0. The standard InChI is InChI=1S/C25H30N2/c1-6-14-25(26-27(5)22(4)24-17-12-9-13-18-24)19-20(2)21(3)23-15-10-7-8-11-16-23/h7,9-18,26H,2-4,6,8,19H2,1,5H3/b25-14+. The Hall–Kier alpha value is -3.00. The van der Waals surface area contributed by atoms with Crippen molar-refractivity contribution in [2.75, 3.05) is 7.05 Å². The summed E-state index contributed by atoms with van der Waals surface area (Å²) in [7, 11) is 1.98. The Kier molecular flexibility index (Phi) is 7.69. The average Bonchev–Trinajstić information content (AvgIpc) is 2.97. The van der Waals surface area contributed by atoms with Gasteiger partial charge < -0.3 is 5.43 Å². The molecule has 0 fully saturated rings. The molecule has 140 valence electrons. The van der Waals surface area contributed by atoms with Gasteiger partial charge in [-0.1, -0.05) is 93.4 Å². The fraction of sp³-hybridized carbons (Fsp3) is 0.200. The van der Waals surface area contributed by atoms with Crippen LogP contribution in [0.3, 0.4) is 0 Å². The van der Waals surface area contributed by atoms with Gasteiger partial charge in [0, 0.05) is 19.2 Å². The van der Waals surface area contributed by atoms with Crippen molar-refractivity contribution in [3.8, 4) is 0 Å². The zero-order valence-electron chi connectivity index (χ0n) is 16.5. The van der Waals surface area contributed by atoms with Crippen LogP contribution in [0.1, 0.15) is 31.7 Å². The fourth-order valence-corrected chi connectivity index (χ4v) is 2.83. The normalized spacial score (nSPS) is 13.6. The van der Waals surface area contributed by atoms with E-state index >= 15 is 0 Å². The largest absolute Gasteiger partial charge is 0.303 e. The minimum Gasteiger partial charge on any atom is -0.303 e. The van der Waals surface area contributed by atoms with E-state index < -0.39 is 0 Å². The van der Waals surface area contributed by atoms with Crippen LogP contribution in [0.25, 0.3) is 5.70 Å². The van der Waals surface area contributed by atoms with E-state index in [1.54, 1.807) is 0 Å². The van der Waals surface area contributed by atoms with Crippen molar-refractivity contribution in [2.45, 2.75) is 26.2 Å². The molecular weight excluding hydrogens is 328 g/mol.